The number of hydrogen-bond donors (Lipinski definition) is 2. The molecule has 2 rings (SSSR count). The summed E-state index contributed by atoms with van der Waals surface area (Å²) in [5, 5.41) is 15.1. The van der Waals surface area contributed by atoms with E-state index in [4.69, 9.17) is 5.11 Å². The maximum absolute atomic E-state index is 11.6. The zero-order valence-electron chi connectivity index (χ0n) is 10.4. The number of aliphatic carboxylic acids is 1. The third kappa shape index (κ3) is 4.32. The first-order valence-corrected chi connectivity index (χ1v) is 6.54. The lowest BCUT2D eigenvalue weighted by Gasteiger charge is -2.02. The van der Waals surface area contributed by atoms with Crippen LogP contribution in [0.5, 0.6) is 0 Å². The first kappa shape index (κ1) is 13.9. The summed E-state index contributed by atoms with van der Waals surface area (Å²) >= 11 is 1.43. The molecule has 104 valence electrons. The minimum absolute atomic E-state index is 0.122. The van der Waals surface area contributed by atoms with E-state index in [1.165, 1.54) is 34.7 Å². The van der Waals surface area contributed by atoms with Crippen molar-refractivity contribution in [2.45, 2.75) is 13.1 Å². The molecule has 2 heterocycles. The predicted molar refractivity (Wildman–Crippen MR) is 72.9 cm³/mol. The van der Waals surface area contributed by atoms with E-state index >= 15 is 0 Å². The van der Waals surface area contributed by atoms with Crippen molar-refractivity contribution in [3.05, 3.63) is 40.6 Å². The number of carboxylic acid groups (broad SMARTS) is 1. The van der Waals surface area contributed by atoms with E-state index in [0.717, 1.165) is 15.8 Å². The molecule has 1 amide bonds. The van der Waals surface area contributed by atoms with Gasteiger partial charge in [0.05, 0.1) is 6.54 Å². The van der Waals surface area contributed by atoms with Gasteiger partial charge in [-0.1, -0.05) is 0 Å². The highest BCUT2D eigenvalue weighted by Crippen LogP contribution is 2.17. The number of nitrogens with zero attached hydrogens (tertiary/aromatic N) is 3. The highest BCUT2D eigenvalue weighted by molar-refractivity contribution is 7.12. The Morgan fingerprint density at radius 2 is 2.30 bits per heavy atom. The van der Waals surface area contributed by atoms with Crippen LogP contribution < -0.4 is 5.32 Å². The number of rotatable bonds is 6. The van der Waals surface area contributed by atoms with Gasteiger partial charge in [0.25, 0.3) is 0 Å². The fraction of sp³-hybridized carbons (Fsp3) is 0.167. The van der Waals surface area contributed by atoms with Crippen LogP contribution in [-0.4, -0.2) is 31.7 Å². The van der Waals surface area contributed by atoms with E-state index in [2.05, 4.69) is 15.4 Å². The van der Waals surface area contributed by atoms with Crippen molar-refractivity contribution >= 4 is 29.3 Å². The van der Waals surface area contributed by atoms with E-state index in [1.54, 1.807) is 0 Å². The maximum Gasteiger partial charge on any atom is 0.328 e. The van der Waals surface area contributed by atoms with E-state index in [1.807, 2.05) is 12.1 Å². The molecule has 0 bridgehead atoms. The van der Waals surface area contributed by atoms with E-state index in [9.17, 15) is 9.59 Å². The summed E-state index contributed by atoms with van der Waals surface area (Å²) in [6.07, 6.45) is 5.44. The SMILES string of the molecule is O=C(O)C=Cc1ccc(CNC(=O)Cn2cncn2)s1. The molecule has 0 unspecified atom stereocenters. The Morgan fingerprint density at radius 1 is 1.45 bits per heavy atom. The van der Waals surface area contributed by atoms with Gasteiger partial charge in [0.2, 0.25) is 5.91 Å². The van der Waals surface area contributed by atoms with E-state index in [-0.39, 0.29) is 12.5 Å². The smallest absolute Gasteiger partial charge is 0.328 e. The summed E-state index contributed by atoms with van der Waals surface area (Å²) < 4.78 is 1.44. The molecule has 8 heteroatoms. The Hall–Kier alpha value is -2.48. The lowest BCUT2D eigenvalue weighted by atomic mass is 10.4. The zero-order chi connectivity index (χ0) is 14.4. The summed E-state index contributed by atoms with van der Waals surface area (Å²) in [4.78, 5) is 27.5. The van der Waals surface area contributed by atoms with Gasteiger partial charge in [0.15, 0.2) is 0 Å². The average molecular weight is 292 g/mol. The molecule has 0 aliphatic rings. The van der Waals surface area contributed by atoms with Gasteiger partial charge >= 0.3 is 5.97 Å². The molecule has 0 fully saturated rings. The van der Waals surface area contributed by atoms with Crippen LogP contribution >= 0.6 is 11.3 Å². The van der Waals surface area contributed by atoms with E-state index in [0.29, 0.717) is 6.54 Å². The monoisotopic (exact) mass is 292 g/mol. The number of carbonyl (C=O) groups is 2. The van der Waals surface area contributed by atoms with Crippen LogP contribution in [0.25, 0.3) is 6.08 Å². The molecule has 0 aromatic carbocycles. The minimum Gasteiger partial charge on any atom is -0.478 e. The molecule has 0 aliphatic carbocycles. The highest BCUT2D eigenvalue weighted by atomic mass is 32.1. The number of aromatic nitrogens is 3. The second kappa shape index (κ2) is 6.62. The molecule has 2 aromatic rings. The Morgan fingerprint density at radius 3 is 3.00 bits per heavy atom. The molecule has 20 heavy (non-hydrogen) atoms. The predicted octanol–water partition coefficient (Wildman–Crippen LogP) is 0.754. The van der Waals surface area contributed by atoms with Crippen molar-refractivity contribution in [3.8, 4) is 0 Å². The summed E-state index contributed by atoms with van der Waals surface area (Å²) in [7, 11) is 0. The minimum atomic E-state index is -0.985. The summed E-state index contributed by atoms with van der Waals surface area (Å²) in [6, 6.07) is 3.66. The summed E-state index contributed by atoms with van der Waals surface area (Å²) in [5.74, 6) is -1.15. The van der Waals surface area contributed by atoms with Gasteiger partial charge < -0.3 is 10.4 Å². The second-order valence-electron chi connectivity index (χ2n) is 3.85. The van der Waals surface area contributed by atoms with Gasteiger partial charge in [0.1, 0.15) is 19.2 Å². The van der Waals surface area contributed by atoms with Gasteiger partial charge in [-0.05, 0) is 18.2 Å². The number of thiophene rings is 1. The Bertz CT molecular complexity index is 618. The van der Waals surface area contributed by atoms with Crippen LogP contribution in [-0.2, 0) is 22.7 Å². The molecule has 0 atom stereocenters. The molecule has 0 aliphatic heterocycles. The Balaban J connectivity index is 1.82. The molecule has 0 saturated carbocycles. The van der Waals surface area contributed by atoms with Crippen LogP contribution in [0, 0.1) is 0 Å². The molecular weight excluding hydrogens is 280 g/mol. The topological polar surface area (TPSA) is 97.1 Å². The van der Waals surface area contributed by atoms with Gasteiger partial charge in [0, 0.05) is 15.8 Å². The van der Waals surface area contributed by atoms with Crippen molar-refractivity contribution in [1.82, 2.24) is 20.1 Å². The van der Waals surface area contributed by atoms with Crippen molar-refractivity contribution in [2.75, 3.05) is 0 Å². The van der Waals surface area contributed by atoms with Gasteiger partial charge in [-0.2, -0.15) is 5.10 Å². The van der Waals surface area contributed by atoms with Crippen molar-refractivity contribution in [3.63, 3.8) is 0 Å². The zero-order valence-corrected chi connectivity index (χ0v) is 11.2. The molecule has 7 nitrogen and oxygen atoms in total. The molecule has 2 aromatic heterocycles. The van der Waals surface area contributed by atoms with Gasteiger partial charge in [-0.25, -0.2) is 14.5 Å². The Kier molecular flexibility index (Phi) is 4.61. The number of carboxylic acids is 1. The first-order valence-electron chi connectivity index (χ1n) is 5.72. The summed E-state index contributed by atoms with van der Waals surface area (Å²) in [5.41, 5.74) is 0. The maximum atomic E-state index is 11.6. The number of nitrogens with one attached hydrogen (secondary N) is 1. The standard InChI is InChI=1S/C12H12N4O3S/c17-11(6-16-8-13-7-15-16)14-5-10-2-1-9(20-10)3-4-12(18)19/h1-4,7-8H,5-6H2,(H,14,17)(H,18,19). The molecular formula is C12H12N4O3S. The fourth-order valence-corrected chi connectivity index (χ4v) is 2.29. The summed E-state index contributed by atoms with van der Waals surface area (Å²) in [6.45, 7) is 0.524. The Labute approximate surface area is 118 Å². The second-order valence-corrected chi connectivity index (χ2v) is 5.05. The van der Waals surface area contributed by atoms with Crippen LogP contribution in [0.3, 0.4) is 0 Å². The lowest BCUT2D eigenvalue weighted by Crippen LogP contribution is -2.26. The van der Waals surface area contributed by atoms with Gasteiger partial charge in [-0.15, -0.1) is 11.3 Å². The third-order valence-corrected chi connectivity index (χ3v) is 3.36. The first-order chi connectivity index (χ1) is 9.63. The van der Waals surface area contributed by atoms with E-state index < -0.39 is 5.97 Å². The van der Waals surface area contributed by atoms with Crippen LogP contribution in [0.15, 0.2) is 30.9 Å². The third-order valence-electron chi connectivity index (χ3n) is 2.30. The van der Waals surface area contributed by atoms with Crippen LogP contribution in [0.1, 0.15) is 9.75 Å². The largest absolute Gasteiger partial charge is 0.478 e. The number of amides is 1. The molecule has 2 N–H and O–H groups in total. The highest BCUT2D eigenvalue weighted by Gasteiger charge is 2.04. The molecule has 0 spiro atoms. The van der Waals surface area contributed by atoms with Gasteiger partial charge in [-0.3, -0.25) is 4.79 Å². The average Bonchev–Trinajstić information content (AvgIpc) is 3.05. The number of carbonyl (C=O) groups excluding carboxylic acids is 1. The fourth-order valence-electron chi connectivity index (χ4n) is 1.44. The molecule has 0 saturated heterocycles. The number of hydrogen-bond acceptors (Lipinski definition) is 5. The molecule has 0 radical (unpaired) electrons. The lowest BCUT2D eigenvalue weighted by molar-refractivity contribution is -0.131. The van der Waals surface area contributed by atoms with Crippen LogP contribution in [0.4, 0.5) is 0 Å². The normalized spacial score (nSPS) is 10.8. The quantitative estimate of drug-likeness (QED) is 0.766. The van der Waals surface area contributed by atoms with Crippen molar-refractivity contribution in [1.29, 1.82) is 0 Å². The van der Waals surface area contributed by atoms with Crippen molar-refractivity contribution in [2.24, 2.45) is 0 Å². The van der Waals surface area contributed by atoms with Crippen molar-refractivity contribution < 1.29 is 14.7 Å². The van der Waals surface area contributed by atoms with Crippen LogP contribution in [0.2, 0.25) is 0 Å².